The second-order valence-electron chi connectivity index (χ2n) is 5.22. The molecule has 90 valence electrons. The molecular formula is C13H19ClFN. The van der Waals surface area contributed by atoms with Crippen molar-refractivity contribution in [3.8, 4) is 0 Å². The predicted octanol–water partition coefficient (Wildman–Crippen LogP) is 3.66. The summed E-state index contributed by atoms with van der Waals surface area (Å²) in [6, 6.07) is 4.56. The van der Waals surface area contributed by atoms with Gasteiger partial charge in [-0.05, 0) is 36.1 Å². The highest BCUT2D eigenvalue weighted by molar-refractivity contribution is 6.31. The predicted molar refractivity (Wildman–Crippen MR) is 67.4 cm³/mol. The topological polar surface area (TPSA) is 12.0 Å². The lowest BCUT2D eigenvalue weighted by molar-refractivity contribution is 0.381. The maximum atomic E-state index is 12.8. The van der Waals surface area contributed by atoms with Gasteiger partial charge in [0, 0.05) is 11.6 Å². The number of hydrogen-bond acceptors (Lipinski definition) is 1. The van der Waals surface area contributed by atoms with Crippen molar-refractivity contribution in [3.63, 3.8) is 0 Å². The molecule has 0 saturated heterocycles. The Morgan fingerprint density at radius 1 is 1.31 bits per heavy atom. The molecule has 0 unspecified atom stereocenters. The zero-order valence-corrected chi connectivity index (χ0v) is 10.9. The summed E-state index contributed by atoms with van der Waals surface area (Å²) in [5, 5.41) is 3.87. The molecule has 1 rings (SSSR count). The molecule has 0 heterocycles. The van der Waals surface area contributed by atoms with Gasteiger partial charge in [-0.15, -0.1) is 0 Å². The molecule has 1 aromatic carbocycles. The van der Waals surface area contributed by atoms with Crippen LogP contribution in [0.2, 0.25) is 5.02 Å². The molecular weight excluding hydrogens is 225 g/mol. The molecule has 1 aromatic rings. The van der Waals surface area contributed by atoms with Crippen molar-refractivity contribution in [2.75, 3.05) is 13.1 Å². The van der Waals surface area contributed by atoms with Crippen molar-refractivity contribution in [1.29, 1.82) is 0 Å². The molecule has 1 N–H and O–H groups in total. The Morgan fingerprint density at radius 3 is 2.56 bits per heavy atom. The smallest absolute Gasteiger partial charge is 0.124 e. The van der Waals surface area contributed by atoms with Crippen LogP contribution in [-0.4, -0.2) is 13.1 Å². The fraction of sp³-hybridized carbons (Fsp3) is 0.538. The summed E-state index contributed by atoms with van der Waals surface area (Å²) in [4.78, 5) is 0. The minimum Gasteiger partial charge on any atom is -0.316 e. The standard InChI is InChI=1S/C13H19ClFN/c1-13(2,3)9-16-7-6-10-4-5-11(15)8-12(10)14/h4-5,8,16H,6-7,9H2,1-3H3. The van der Waals surface area contributed by atoms with Crippen LogP contribution in [0.5, 0.6) is 0 Å². The quantitative estimate of drug-likeness (QED) is 0.796. The number of halogens is 2. The van der Waals surface area contributed by atoms with E-state index in [1.54, 1.807) is 6.07 Å². The highest BCUT2D eigenvalue weighted by atomic mass is 35.5. The Morgan fingerprint density at radius 2 is 2.00 bits per heavy atom. The molecule has 0 atom stereocenters. The van der Waals surface area contributed by atoms with Gasteiger partial charge in [0.1, 0.15) is 5.82 Å². The van der Waals surface area contributed by atoms with E-state index < -0.39 is 0 Å². The molecule has 0 radical (unpaired) electrons. The largest absolute Gasteiger partial charge is 0.316 e. The Labute approximate surface area is 102 Å². The third-order valence-corrected chi connectivity index (χ3v) is 2.59. The van der Waals surface area contributed by atoms with E-state index in [4.69, 9.17) is 11.6 Å². The number of rotatable bonds is 4. The van der Waals surface area contributed by atoms with Crippen LogP contribution < -0.4 is 5.32 Å². The maximum absolute atomic E-state index is 12.8. The third kappa shape index (κ3) is 4.95. The highest BCUT2D eigenvalue weighted by Gasteiger charge is 2.09. The van der Waals surface area contributed by atoms with Crippen molar-refractivity contribution in [1.82, 2.24) is 5.32 Å². The first-order valence-electron chi connectivity index (χ1n) is 5.53. The summed E-state index contributed by atoms with van der Waals surface area (Å²) in [5.41, 5.74) is 1.27. The summed E-state index contributed by atoms with van der Waals surface area (Å²) in [7, 11) is 0. The zero-order chi connectivity index (χ0) is 12.2. The van der Waals surface area contributed by atoms with Gasteiger partial charge in [-0.25, -0.2) is 4.39 Å². The lowest BCUT2D eigenvalue weighted by atomic mass is 9.97. The fourth-order valence-corrected chi connectivity index (χ4v) is 1.67. The van der Waals surface area contributed by atoms with Gasteiger partial charge in [0.2, 0.25) is 0 Å². The first kappa shape index (κ1) is 13.5. The zero-order valence-electron chi connectivity index (χ0n) is 10.1. The van der Waals surface area contributed by atoms with E-state index in [0.29, 0.717) is 5.02 Å². The van der Waals surface area contributed by atoms with Gasteiger partial charge in [0.25, 0.3) is 0 Å². The van der Waals surface area contributed by atoms with Crippen LogP contribution in [0.1, 0.15) is 26.3 Å². The highest BCUT2D eigenvalue weighted by Crippen LogP contribution is 2.17. The minimum absolute atomic E-state index is 0.281. The minimum atomic E-state index is -0.281. The summed E-state index contributed by atoms with van der Waals surface area (Å²) < 4.78 is 12.8. The van der Waals surface area contributed by atoms with Crippen LogP contribution in [-0.2, 0) is 6.42 Å². The van der Waals surface area contributed by atoms with Gasteiger partial charge in [-0.3, -0.25) is 0 Å². The van der Waals surface area contributed by atoms with Gasteiger partial charge in [0.05, 0.1) is 0 Å². The third-order valence-electron chi connectivity index (χ3n) is 2.24. The molecule has 0 fully saturated rings. The molecule has 0 aliphatic heterocycles. The van der Waals surface area contributed by atoms with Crippen LogP contribution in [0.4, 0.5) is 4.39 Å². The van der Waals surface area contributed by atoms with Gasteiger partial charge in [-0.1, -0.05) is 38.4 Å². The molecule has 0 aliphatic rings. The van der Waals surface area contributed by atoms with Crippen molar-refractivity contribution < 1.29 is 4.39 Å². The normalized spacial score (nSPS) is 11.8. The molecule has 0 aliphatic carbocycles. The summed E-state index contributed by atoms with van der Waals surface area (Å²) >= 11 is 5.93. The second kappa shape index (κ2) is 5.65. The van der Waals surface area contributed by atoms with Crippen molar-refractivity contribution in [2.45, 2.75) is 27.2 Å². The molecule has 0 amide bonds. The maximum Gasteiger partial charge on any atom is 0.124 e. The van der Waals surface area contributed by atoms with Crippen LogP contribution in [0.3, 0.4) is 0 Å². The average Bonchev–Trinajstić information content (AvgIpc) is 2.13. The first-order chi connectivity index (χ1) is 7.38. The van der Waals surface area contributed by atoms with E-state index in [1.807, 2.05) is 0 Å². The SMILES string of the molecule is CC(C)(C)CNCCc1ccc(F)cc1Cl. The Bertz CT molecular complexity index is 344. The van der Waals surface area contributed by atoms with Crippen LogP contribution in [0.15, 0.2) is 18.2 Å². The van der Waals surface area contributed by atoms with E-state index in [2.05, 4.69) is 26.1 Å². The molecule has 0 aromatic heterocycles. The van der Waals surface area contributed by atoms with E-state index >= 15 is 0 Å². The monoisotopic (exact) mass is 243 g/mol. The number of nitrogens with one attached hydrogen (secondary N) is 1. The lowest BCUT2D eigenvalue weighted by Crippen LogP contribution is -2.28. The van der Waals surface area contributed by atoms with E-state index in [-0.39, 0.29) is 11.2 Å². The van der Waals surface area contributed by atoms with Crippen molar-refractivity contribution in [2.24, 2.45) is 5.41 Å². The van der Waals surface area contributed by atoms with E-state index in [9.17, 15) is 4.39 Å². The second-order valence-corrected chi connectivity index (χ2v) is 5.63. The number of benzene rings is 1. The van der Waals surface area contributed by atoms with Gasteiger partial charge in [-0.2, -0.15) is 0 Å². The van der Waals surface area contributed by atoms with Crippen LogP contribution in [0.25, 0.3) is 0 Å². The summed E-state index contributed by atoms with van der Waals surface area (Å²) in [6.07, 6.45) is 0.829. The average molecular weight is 244 g/mol. The van der Waals surface area contributed by atoms with Crippen molar-refractivity contribution >= 4 is 11.6 Å². The fourth-order valence-electron chi connectivity index (χ4n) is 1.41. The molecule has 0 spiro atoms. The molecule has 1 nitrogen and oxygen atoms in total. The summed E-state index contributed by atoms with van der Waals surface area (Å²) in [5.74, 6) is -0.281. The van der Waals surface area contributed by atoms with Gasteiger partial charge in [0.15, 0.2) is 0 Å². The Kier molecular flexibility index (Phi) is 4.75. The van der Waals surface area contributed by atoms with Gasteiger partial charge >= 0.3 is 0 Å². The molecule has 3 heteroatoms. The van der Waals surface area contributed by atoms with Gasteiger partial charge < -0.3 is 5.32 Å². The van der Waals surface area contributed by atoms with E-state index in [1.165, 1.54) is 12.1 Å². The summed E-state index contributed by atoms with van der Waals surface area (Å²) in [6.45, 7) is 8.38. The van der Waals surface area contributed by atoms with Crippen LogP contribution >= 0.6 is 11.6 Å². The van der Waals surface area contributed by atoms with Crippen molar-refractivity contribution in [3.05, 3.63) is 34.6 Å². The molecule has 16 heavy (non-hydrogen) atoms. The molecule has 0 bridgehead atoms. The lowest BCUT2D eigenvalue weighted by Gasteiger charge is -2.18. The molecule has 0 saturated carbocycles. The van der Waals surface area contributed by atoms with E-state index in [0.717, 1.165) is 25.1 Å². The first-order valence-corrected chi connectivity index (χ1v) is 5.91. The van der Waals surface area contributed by atoms with Crippen LogP contribution in [0, 0.1) is 11.2 Å². The number of hydrogen-bond donors (Lipinski definition) is 1. The Balaban J connectivity index is 2.38. The Hall–Kier alpha value is -0.600.